The van der Waals surface area contributed by atoms with E-state index in [1.165, 1.54) is 10.9 Å². The van der Waals surface area contributed by atoms with Gasteiger partial charge in [0.2, 0.25) is 11.8 Å². The van der Waals surface area contributed by atoms with E-state index in [-0.39, 0.29) is 18.4 Å². The fourth-order valence-electron chi connectivity index (χ4n) is 3.05. The lowest BCUT2D eigenvalue weighted by atomic mass is 10.1. The molecule has 2 aromatic carbocycles. The summed E-state index contributed by atoms with van der Waals surface area (Å²) in [6.07, 6.45) is 3.96. The van der Waals surface area contributed by atoms with Crippen molar-refractivity contribution >= 4 is 23.2 Å². The van der Waals surface area contributed by atoms with Gasteiger partial charge in [-0.3, -0.25) is 14.3 Å². The number of anilines is 2. The highest BCUT2D eigenvalue weighted by Crippen LogP contribution is 2.28. The number of aromatic nitrogens is 2. The molecule has 0 unspecified atom stereocenters. The van der Waals surface area contributed by atoms with Crippen LogP contribution in [0.15, 0.2) is 54.9 Å². The van der Waals surface area contributed by atoms with Gasteiger partial charge in [-0.05, 0) is 48.4 Å². The monoisotopic (exact) mass is 438 g/mol. The van der Waals surface area contributed by atoms with Crippen LogP contribution in [0.3, 0.4) is 0 Å². The summed E-state index contributed by atoms with van der Waals surface area (Å²) in [6.45, 7) is 0.0214. The van der Waals surface area contributed by atoms with Crippen LogP contribution in [0.1, 0.15) is 12.0 Å². The van der Waals surface area contributed by atoms with E-state index in [9.17, 15) is 9.59 Å². The van der Waals surface area contributed by atoms with E-state index < -0.39 is 0 Å². The molecule has 0 saturated carbocycles. The van der Waals surface area contributed by atoms with E-state index in [0.717, 1.165) is 5.56 Å². The molecule has 32 heavy (non-hydrogen) atoms. The summed E-state index contributed by atoms with van der Waals surface area (Å²) in [7, 11) is 4.73. The summed E-state index contributed by atoms with van der Waals surface area (Å²) in [5.41, 5.74) is 2.15. The van der Waals surface area contributed by atoms with Gasteiger partial charge >= 0.3 is 0 Å². The zero-order valence-corrected chi connectivity index (χ0v) is 18.3. The predicted molar refractivity (Wildman–Crippen MR) is 120 cm³/mol. The topological polar surface area (TPSA) is 104 Å². The number of aryl methyl sites for hydroxylation is 1. The van der Waals surface area contributed by atoms with Gasteiger partial charge in [-0.15, -0.1) is 0 Å². The number of hydrogen-bond acceptors (Lipinski definition) is 6. The predicted octanol–water partition coefficient (Wildman–Crippen LogP) is 3.12. The Bertz CT molecular complexity index is 1060. The number of benzene rings is 2. The van der Waals surface area contributed by atoms with Crippen molar-refractivity contribution in [1.29, 1.82) is 0 Å². The Kier molecular flexibility index (Phi) is 7.69. The fraction of sp³-hybridized carbons (Fsp3) is 0.261. The Balaban J connectivity index is 1.47. The van der Waals surface area contributed by atoms with Crippen molar-refractivity contribution < 1.29 is 23.8 Å². The van der Waals surface area contributed by atoms with Gasteiger partial charge in [0.15, 0.2) is 11.5 Å². The molecule has 0 spiro atoms. The molecular formula is C23H26N4O5. The second-order valence-electron chi connectivity index (χ2n) is 6.94. The summed E-state index contributed by atoms with van der Waals surface area (Å²) in [5.74, 6) is 1.59. The first-order valence-electron chi connectivity index (χ1n) is 9.98. The molecule has 2 amide bonds. The van der Waals surface area contributed by atoms with Gasteiger partial charge in [-0.2, -0.15) is 5.10 Å². The van der Waals surface area contributed by atoms with Crippen LogP contribution in [-0.4, -0.2) is 42.9 Å². The normalized spacial score (nSPS) is 10.3. The van der Waals surface area contributed by atoms with Crippen molar-refractivity contribution in [3.63, 3.8) is 0 Å². The zero-order valence-electron chi connectivity index (χ0n) is 18.3. The SMILES string of the molecule is COc1ccc(NC(=O)Cn2cc(NC(=O)CCc3ccc(OC)c(OC)c3)cn2)cc1. The molecule has 0 saturated heterocycles. The maximum atomic E-state index is 12.3. The Morgan fingerprint density at radius 3 is 2.28 bits per heavy atom. The largest absolute Gasteiger partial charge is 0.497 e. The van der Waals surface area contributed by atoms with Gasteiger partial charge in [0.1, 0.15) is 12.3 Å². The molecule has 0 fully saturated rings. The third kappa shape index (κ3) is 6.24. The molecule has 9 nitrogen and oxygen atoms in total. The number of methoxy groups -OCH3 is 3. The van der Waals surface area contributed by atoms with Gasteiger partial charge in [-0.25, -0.2) is 0 Å². The molecule has 3 aromatic rings. The minimum Gasteiger partial charge on any atom is -0.497 e. The number of carbonyl (C=O) groups excluding carboxylic acids is 2. The number of nitrogens with zero attached hydrogens (tertiary/aromatic N) is 2. The van der Waals surface area contributed by atoms with Crippen molar-refractivity contribution in [2.75, 3.05) is 32.0 Å². The number of rotatable bonds is 10. The Morgan fingerprint density at radius 1 is 0.875 bits per heavy atom. The smallest absolute Gasteiger partial charge is 0.246 e. The third-order valence-corrected chi connectivity index (χ3v) is 4.69. The molecular weight excluding hydrogens is 412 g/mol. The Hall–Kier alpha value is -4.01. The first kappa shape index (κ1) is 22.7. The van der Waals surface area contributed by atoms with Crippen LogP contribution in [-0.2, 0) is 22.6 Å². The van der Waals surface area contributed by atoms with Crippen LogP contribution in [0.5, 0.6) is 17.2 Å². The van der Waals surface area contributed by atoms with Gasteiger partial charge in [0.05, 0.1) is 33.2 Å². The quantitative estimate of drug-likeness (QED) is 0.504. The van der Waals surface area contributed by atoms with E-state index >= 15 is 0 Å². The summed E-state index contributed by atoms with van der Waals surface area (Å²) < 4.78 is 17.1. The number of amides is 2. The minimum atomic E-state index is -0.232. The lowest BCUT2D eigenvalue weighted by Crippen LogP contribution is -2.19. The van der Waals surface area contributed by atoms with E-state index in [4.69, 9.17) is 14.2 Å². The van der Waals surface area contributed by atoms with Gasteiger partial charge < -0.3 is 24.8 Å². The Morgan fingerprint density at radius 2 is 1.59 bits per heavy atom. The van der Waals surface area contributed by atoms with E-state index in [1.54, 1.807) is 51.8 Å². The number of ether oxygens (including phenoxy) is 3. The van der Waals surface area contributed by atoms with Crippen LogP contribution in [0.4, 0.5) is 11.4 Å². The standard InChI is InChI=1S/C23H26N4O5/c1-30-19-8-6-17(7-9-19)25-23(29)15-27-14-18(13-24-27)26-22(28)11-5-16-4-10-20(31-2)21(12-16)32-3/h4,6-10,12-14H,5,11,15H2,1-3H3,(H,25,29)(H,26,28). The maximum absolute atomic E-state index is 12.3. The van der Waals surface area contributed by atoms with E-state index in [0.29, 0.717) is 41.5 Å². The molecule has 0 bridgehead atoms. The van der Waals surface area contributed by atoms with Crippen molar-refractivity contribution in [3.8, 4) is 17.2 Å². The molecule has 0 radical (unpaired) electrons. The van der Waals surface area contributed by atoms with Gasteiger partial charge in [0, 0.05) is 18.3 Å². The summed E-state index contributed by atoms with van der Waals surface area (Å²) >= 11 is 0. The van der Waals surface area contributed by atoms with Crippen molar-refractivity contribution in [2.45, 2.75) is 19.4 Å². The van der Waals surface area contributed by atoms with Crippen molar-refractivity contribution in [3.05, 3.63) is 60.4 Å². The van der Waals surface area contributed by atoms with Crippen LogP contribution in [0.2, 0.25) is 0 Å². The fourth-order valence-corrected chi connectivity index (χ4v) is 3.05. The molecule has 0 aliphatic carbocycles. The number of hydrogen-bond donors (Lipinski definition) is 2. The van der Waals surface area contributed by atoms with Crippen molar-refractivity contribution in [2.24, 2.45) is 0 Å². The summed E-state index contributed by atoms with van der Waals surface area (Å²) in [4.78, 5) is 24.5. The summed E-state index contributed by atoms with van der Waals surface area (Å²) in [6, 6.07) is 12.6. The highest BCUT2D eigenvalue weighted by Gasteiger charge is 2.10. The summed E-state index contributed by atoms with van der Waals surface area (Å²) in [5, 5.41) is 9.71. The van der Waals surface area contributed by atoms with Crippen LogP contribution < -0.4 is 24.8 Å². The van der Waals surface area contributed by atoms with Crippen LogP contribution in [0.25, 0.3) is 0 Å². The molecule has 1 aromatic heterocycles. The lowest BCUT2D eigenvalue weighted by molar-refractivity contribution is -0.117. The number of nitrogens with one attached hydrogen (secondary N) is 2. The van der Waals surface area contributed by atoms with Crippen LogP contribution in [0, 0.1) is 0 Å². The van der Waals surface area contributed by atoms with Gasteiger partial charge in [-0.1, -0.05) is 6.07 Å². The highest BCUT2D eigenvalue weighted by atomic mass is 16.5. The van der Waals surface area contributed by atoms with E-state index in [2.05, 4.69) is 15.7 Å². The third-order valence-electron chi connectivity index (χ3n) is 4.69. The number of carbonyl (C=O) groups is 2. The molecule has 9 heteroatoms. The lowest BCUT2D eigenvalue weighted by Gasteiger charge is -2.09. The van der Waals surface area contributed by atoms with Gasteiger partial charge in [0.25, 0.3) is 0 Å². The molecule has 1 heterocycles. The first-order valence-corrected chi connectivity index (χ1v) is 9.98. The van der Waals surface area contributed by atoms with Crippen LogP contribution >= 0.6 is 0 Å². The minimum absolute atomic E-state index is 0.0214. The average molecular weight is 438 g/mol. The first-order chi connectivity index (χ1) is 15.5. The Labute approximate surface area is 186 Å². The van der Waals surface area contributed by atoms with E-state index in [1.807, 2.05) is 18.2 Å². The second-order valence-corrected chi connectivity index (χ2v) is 6.94. The maximum Gasteiger partial charge on any atom is 0.246 e. The van der Waals surface area contributed by atoms with Crippen molar-refractivity contribution in [1.82, 2.24) is 9.78 Å². The zero-order chi connectivity index (χ0) is 22.9. The molecule has 2 N–H and O–H groups in total. The second kappa shape index (κ2) is 10.9. The highest BCUT2D eigenvalue weighted by molar-refractivity contribution is 5.91. The molecule has 168 valence electrons. The molecule has 0 aliphatic heterocycles. The molecule has 3 rings (SSSR count). The molecule has 0 atom stereocenters. The average Bonchev–Trinajstić information content (AvgIpc) is 3.24. The molecule has 0 aliphatic rings.